The summed E-state index contributed by atoms with van der Waals surface area (Å²) in [6.45, 7) is 10.6. The maximum atomic E-state index is 4.77. The smallest absolute Gasteiger partial charge is 0.128 e. The van der Waals surface area contributed by atoms with Crippen LogP contribution < -0.4 is 5.32 Å². The predicted molar refractivity (Wildman–Crippen MR) is 128 cm³/mol. The zero-order chi connectivity index (χ0) is 22.1. The fraction of sp³-hybridized carbons (Fsp3) is 0.231. The van der Waals surface area contributed by atoms with Gasteiger partial charge in [-0.1, -0.05) is 32.4 Å². The average Bonchev–Trinajstić information content (AvgIpc) is 3.20. The predicted octanol–water partition coefficient (Wildman–Crippen LogP) is 5.31. The minimum Gasteiger partial charge on any atom is -0.354 e. The van der Waals surface area contributed by atoms with Gasteiger partial charge in [0.25, 0.3) is 0 Å². The lowest BCUT2D eigenvalue weighted by Gasteiger charge is -2.24. The molecule has 32 heavy (non-hydrogen) atoms. The van der Waals surface area contributed by atoms with Gasteiger partial charge in [-0.15, -0.1) is 0 Å². The molecule has 0 saturated heterocycles. The van der Waals surface area contributed by atoms with Crippen LogP contribution in [0.3, 0.4) is 0 Å². The summed E-state index contributed by atoms with van der Waals surface area (Å²) >= 11 is 0. The van der Waals surface area contributed by atoms with Crippen LogP contribution in [0.5, 0.6) is 0 Å². The molecule has 6 heteroatoms. The molecule has 0 amide bonds. The lowest BCUT2D eigenvalue weighted by atomic mass is 9.83. The molecule has 160 valence electrons. The molecule has 0 aromatic carbocycles. The number of hydrogen-bond donors (Lipinski definition) is 1. The molecule has 1 N–H and O–H groups in total. The molecule has 0 spiro atoms. The first-order chi connectivity index (χ1) is 15.6. The molecule has 1 fully saturated rings. The van der Waals surface area contributed by atoms with E-state index in [1.54, 1.807) is 12.4 Å². The second-order valence-corrected chi connectivity index (χ2v) is 8.41. The van der Waals surface area contributed by atoms with Gasteiger partial charge in [0, 0.05) is 47.5 Å². The van der Waals surface area contributed by atoms with Gasteiger partial charge in [0.1, 0.15) is 5.82 Å². The number of rotatable bonds is 7. The summed E-state index contributed by atoms with van der Waals surface area (Å²) in [5.41, 5.74) is 7.36. The lowest BCUT2D eigenvalue weighted by Crippen LogP contribution is -2.16. The second-order valence-electron chi connectivity index (χ2n) is 8.41. The fourth-order valence-corrected chi connectivity index (χ4v) is 4.10. The van der Waals surface area contributed by atoms with Crippen molar-refractivity contribution in [2.24, 2.45) is 5.92 Å². The van der Waals surface area contributed by atoms with E-state index in [0.717, 1.165) is 63.0 Å². The van der Waals surface area contributed by atoms with E-state index in [1.807, 2.05) is 48.2 Å². The summed E-state index contributed by atoms with van der Waals surface area (Å²) in [5.74, 6) is 1.69. The van der Waals surface area contributed by atoms with Crippen LogP contribution in [0.2, 0.25) is 0 Å². The summed E-state index contributed by atoms with van der Waals surface area (Å²) in [7, 11) is 0. The Morgan fingerprint density at radius 1 is 1.16 bits per heavy atom. The Bertz CT molecular complexity index is 1300. The molecule has 4 heterocycles. The van der Waals surface area contributed by atoms with E-state index in [-0.39, 0.29) is 0 Å². The van der Waals surface area contributed by atoms with Crippen molar-refractivity contribution in [2.75, 3.05) is 5.32 Å². The third-order valence-corrected chi connectivity index (χ3v) is 6.20. The molecule has 1 saturated carbocycles. The SMILES string of the molecule is C=C(c1ccn2ncc(C(=C)Nc3cccnc3)c2c1)c1cnc(CC2CCC2)nc1C. The minimum absolute atomic E-state index is 0.750. The van der Waals surface area contributed by atoms with Crippen molar-refractivity contribution in [1.82, 2.24) is 24.6 Å². The third-order valence-electron chi connectivity index (χ3n) is 6.20. The number of pyridine rings is 2. The van der Waals surface area contributed by atoms with Gasteiger partial charge in [-0.05, 0) is 48.2 Å². The number of nitrogens with one attached hydrogen (secondary N) is 1. The largest absolute Gasteiger partial charge is 0.354 e. The van der Waals surface area contributed by atoms with Crippen molar-refractivity contribution in [1.29, 1.82) is 0 Å². The maximum Gasteiger partial charge on any atom is 0.128 e. The van der Waals surface area contributed by atoms with Gasteiger partial charge in [0.2, 0.25) is 0 Å². The molecular weight excluding hydrogens is 396 g/mol. The number of aryl methyl sites for hydroxylation is 1. The molecule has 6 nitrogen and oxygen atoms in total. The summed E-state index contributed by atoms with van der Waals surface area (Å²) in [5, 5.41) is 7.78. The molecule has 0 atom stereocenters. The molecular formula is C26H26N6. The Balaban J connectivity index is 1.41. The van der Waals surface area contributed by atoms with E-state index in [4.69, 9.17) is 4.98 Å². The van der Waals surface area contributed by atoms with Crippen molar-refractivity contribution >= 4 is 22.5 Å². The topological polar surface area (TPSA) is 68.0 Å². The number of aromatic nitrogens is 5. The highest BCUT2D eigenvalue weighted by Gasteiger charge is 2.20. The van der Waals surface area contributed by atoms with Crippen LogP contribution in [0, 0.1) is 12.8 Å². The van der Waals surface area contributed by atoms with Crippen molar-refractivity contribution in [2.45, 2.75) is 32.6 Å². The molecule has 1 aliphatic carbocycles. The van der Waals surface area contributed by atoms with E-state index in [1.165, 1.54) is 19.3 Å². The molecule has 1 aliphatic rings. The Labute approximate surface area is 187 Å². The Morgan fingerprint density at radius 2 is 2.03 bits per heavy atom. The normalized spacial score (nSPS) is 13.7. The van der Waals surface area contributed by atoms with E-state index in [9.17, 15) is 0 Å². The van der Waals surface area contributed by atoms with E-state index >= 15 is 0 Å². The van der Waals surface area contributed by atoms with E-state index in [2.05, 4.69) is 39.6 Å². The number of fused-ring (bicyclic) bond motifs is 1. The van der Waals surface area contributed by atoms with Gasteiger partial charge < -0.3 is 5.32 Å². The summed E-state index contributed by atoms with van der Waals surface area (Å²) in [4.78, 5) is 13.5. The quantitative estimate of drug-likeness (QED) is 0.437. The number of hydrogen-bond acceptors (Lipinski definition) is 5. The first-order valence-corrected chi connectivity index (χ1v) is 10.9. The summed E-state index contributed by atoms with van der Waals surface area (Å²) in [6.07, 6.45) is 14.1. The first-order valence-electron chi connectivity index (χ1n) is 10.9. The zero-order valence-corrected chi connectivity index (χ0v) is 18.3. The minimum atomic E-state index is 0.750. The number of nitrogens with zero attached hydrogens (tertiary/aromatic N) is 5. The molecule has 5 rings (SSSR count). The third kappa shape index (κ3) is 3.91. The Kier molecular flexibility index (Phi) is 5.27. The molecule has 0 radical (unpaired) electrons. The van der Waals surface area contributed by atoms with Crippen LogP contribution in [0.15, 0.2) is 68.4 Å². The highest BCUT2D eigenvalue weighted by Crippen LogP contribution is 2.30. The van der Waals surface area contributed by atoms with Crippen molar-refractivity contribution in [3.63, 3.8) is 0 Å². The van der Waals surface area contributed by atoms with Crippen molar-refractivity contribution in [3.05, 3.63) is 96.6 Å². The van der Waals surface area contributed by atoms with Gasteiger partial charge in [-0.2, -0.15) is 5.10 Å². The molecule has 4 aromatic rings. The van der Waals surface area contributed by atoms with Crippen LogP contribution >= 0.6 is 0 Å². The Hall–Kier alpha value is -3.80. The monoisotopic (exact) mass is 422 g/mol. The Morgan fingerprint density at radius 3 is 2.75 bits per heavy atom. The van der Waals surface area contributed by atoms with Crippen LogP contribution in [-0.4, -0.2) is 24.6 Å². The van der Waals surface area contributed by atoms with Gasteiger partial charge in [-0.25, -0.2) is 14.5 Å². The first kappa shape index (κ1) is 20.1. The number of anilines is 1. The van der Waals surface area contributed by atoms with E-state index < -0.39 is 0 Å². The fourth-order valence-electron chi connectivity index (χ4n) is 4.10. The average molecular weight is 423 g/mol. The summed E-state index contributed by atoms with van der Waals surface area (Å²) < 4.78 is 1.84. The van der Waals surface area contributed by atoms with E-state index in [0.29, 0.717) is 0 Å². The van der Waals surface area contributed by atoms with Crippen LogP contribution in [-0.2, 0) is 6.42 Å². The van der Waals surface area contributed by atoms with Crippen molar-refractivity contribution < 1.29 is 0 Å². The van der Waals surface area contributed by atoms with Gasteiger partial charge in [0.15, 0.2) is 0 Å². The maximum absolute atomic E-state index is 4.77. The molecule has 0 bridgehead atoms. The van der Waals surface area contributed by atoms with Crippen LogP contribution in [0.4, 0.5) is 5.69 Å². The molecule has 4 aromatic heterocycles. The highest BCUT2D eigenvalue weighted by molar-refractivity contribution is 5.86. The molecule has 0 aliphatic heterocycles. The zero-order valence-electron chi connectivity index (χ0n) is 18.3. The van der Waals surface area contributed by atoms with Gasteiger partial charge in [0.05, 0.1) is 23.6 Å². The van der Waals surface area contributed by atoms with Crippen LogP contribution in [0.25, 0.3) is 16.8 Å². The highest BCUT2D eigenvalue weighted by atomic mass is 15.2. The van der Waals surface area contributed by atoms with Gasteiger partial charge in [-0.3, -0.25) is 4.98 Å². The molecule has 0 unspecified atom stereocenters. The van der Waals surface area contributed by atoms with Crippen molar-refractivity contribution in [3.8, 4) is 0 Å². The van der Waals surface area contributed by atoms with Crippen LogP contribution in [0.1, 0.15) is 47.5 Å². The second kappa shape index (κ2) is 8.38. The lowest BCUT2D eigenvalue weighted by molar-refractivity contribution is 0.309. The standard InChI is InChI=1S/C26H26N6/c1-17(23-15-28-26(31-18(23)2)12-20-6-4-7-20)21-9-11-32-25(13-21)24(16-29-32)19(3)30-22-8-5-10-27-14-22/h5,8-11,13-16,20,30H,1,3-4,6-7,12H2,2H3. The summed E-state index contributed by atoms with van der Waals surface area (Å²) in [6, 6.07) is 7.94. The van der Waals surface area contributed by atoms with Gasteiger partial charge >= 0.3 is 0 Å².